The average molecular weight is 526 g/mol. The van der Waals surface area contributed by atoms with Crippen molar-refractivity contribution in [2.24, 2.45) is 5.73 Å². The first-order valence-corrected chi connectivity index (χ1v) is 14.3. The molecule has 1 aliphatic carbocycles. The van der Waals surface area contributed by atoms with Gasteiger partial charge in [-0.1, -0.05) is 13.8 Å². The molecule has 1 fully saturated rings. The number of rotatable bonds is 7. The van der Waals surface area contributed by atoms with Crippen molar-refractivity contribution in [3.63, 3.8) is 0 Å². The second-order valence-electron chi connectivity index (χ2n) is 10.3. The number of pyridine rings is 3. The van der Waals surface area contributed by atoms with Crippen LogP contribution < -0.4 is 15.8 Å². The van der Waals surface area contributed by atoms with Crippen molar-refractivity contribution in [2.45, 2.75) is 62.8 Å². The highest BCUT2D eigenvalue weighted by molar-refractivity contribution is 7.91. The van der Waals surface area contributed by atoms with E-state index in [9.17, 15) is 13.2 Å². The number of nitrogens with two attached hydrogens (primary N) is 1. The Morgan fingerprint density at radius 1 is 1.19 bits per heavy atom. The number of nitrogens with one attached hydrogen (secondary N) is 1. The van der Waals surface area contributed by atoms with Crippen LogP contribution in [0.3, 0.4) is 0 Å². The van der Waals surface area contributed by atoms with Gasteiger partial charge in [-0.3, -0.25) is 0 Å². The minimum absolute atomic E-state index is 0.00676. The van der Waals surface area contributed by atoms with Crippen LogP contribution in [0.4, 0.5) is 11.6 Å². The summed E-state index contributed by atoms with van der Waals surface area (Å²) in [6.07, 6.45) is 6.01. The summed E-state index contributed by atoms with van der Waals surface area (Å²) in [5, 5.41) is 4.40. The standard InChI is InChI=1S/C26H31N5O5S/c1-5-26(3,27)20-12-29-24(36-15-8-16(9-15)37(4,33)34)19-11-28-22(10-18(19)20)30-21-7-6-17-23(31-21)14(2)13-35-25(17)32/h6-7,10-12,14-16H,5,8-9,13,27H2,1-4H3,(H,28,30,31)/t14-,15?,16?,26-/m1/s1. The van der Waals surface area contributed by atoms with Gasteiger partial charge in [-0.25, -0.2) is 28.2 Å². The van der Waals surface area contributed by atoms with E-state index >= 15 is 0 Å². The molecule has 2 aliphatic rings. The van der Waals surface area contributed by atoms with Crippen LogP contribution >= 0.6 is 0 Å². The highest BCUT2D eigenvalue weighted by Gasteiger charge is 2.38. The van der Waals surface area contributed by atoms with E-state index in [1.165, 1.54) is 6.26 Å². The Bertz CT molecular complexity index is 1480. The number of carbonyl (C=O) groups excluding carboxylic acids is 1. The summed E-state index contributed by atoms with van der Waals surface area (Å²) in [6, 6.07) is 5.32. The van der Waals surface area contributed by atoms with Crippen LogP contribution in [0.2, 0.25) is 0 Å². The lowest BCUT2D eigenvalue weighted by atomic mass is 9.88. The van der Waals surface area contributed by atoms with Gasteiger partial charge in [0.1, 0.15) is 17.7 Å². The third-order valence-corrected chi connectivity index (χ3v) is 8.95. The van der Waals surface area contributed by atoms with E-state index in [2.05, 4.69) is 20.3 Å². The molecule has 1 saturated carbocycles. The summed E-state index contributed by atoms with van der Waals surface area (Å²) in [5.41, 5.74) is 7.99. The predicted octanol–water partition coefficient (Wildman–Crippen LogP) is 3.58. The van der Waals surface area contributed by atoms with E-state index < -0.39 is 15.4 Å². The van der Waals surface area contributed by atoms with Gasteiger partial charge in [0.15, 0.2) is 9.84 Å². The molecule has 196 valence electrons. The molecule has 0 radical (unpaired) electrons. The lowest BCUT2D eigenvalue weighted by Crippen LogP contribution is -2.42. The molecule has 37 heavy (non-hydrogen) atoms. The summed E-state index contributed by atoms with van der Waals surface area (Å²) in [4.78, 5) is 25.8. The third-order valence-electron chi connectivity index (χ3n) is 7.35. The minimum Gasteiger partial charge on any atom is -0.474 e. The second kappa shape index (κ2) is 9.21. The zero-order valence-corrected chi connectivity index (χ0v) is 22.1. The number of sulfone groups is 1. The van der Waals surface area contributed by atoms with Gasteiger partial charge in [0.2, 0.25) is 5.88 Å². The highest BCUT2D eigenvalue weighted by Crippen LogP contribution is 2.37. The number of nitrogens with zero attached hydrogens (tertiary/aromatic N) is 3. The molecule has 0 aromatic carbocycles. The molecule has 4 heterocycles. The number of esters is 1. The highest BCUT2D eigenvalue weighted by atomic mass is 32.2. The third kappa shape index (κ3) is 4.85. The fourth-order valence-electron chi connectivity index (χ4n) is 4.62. The van der Waals surface area contributed by atoms with Gasteiger partial charge in [0.25, 0.3) is 0 Å². The fourth-order valence-corrected chi connectivity index (χ4v) is 5.75. The fraction of sp³-hybridized carbons (Fsp3) is 0.462. The van der Waals surface area contributed by atoms with Crippen molar-refractivity contribution in [3.8, 4) is 5.88 Å². The van der Waals surface area contributed by atoms with Crippen molar-refractivity contribution in [1.29, 1.82) is 0 Å². The second-order valence-corrected chi connectivity index (χ2v) is 12.6. The normalized spacial score (nSPS) is 22.9. The van der Waals surface area contributed by atoms with Crippen molar-refractivity contribution in [1.82, 2.24) is 15.0 Å². The smallest absolute Gasteiger partial charge is 0.340 e. The zero-order valence-electron chi connectivity index (χ0n) is 21.3. The van der Waals surface area contributed by atoms with Crippen molar-refractivity contribution in [2.75, 3.05) is 18.2 Å². The van der Waals surface area contributed by atoms with Crippen molar-refractivity contribution >= 4 is 38.2 Å². The van der Waals surface area contributed by atoms with E-state index in [-0.39, 0.29) is 23.2 Å². The van der Waals surface area contributed by atoms with Crippen LogP contribution in [0, 0.1) is 0 Å². The maximum atomic E-state index is 12.1. The largest absolute Gasteiger partial charge is 0.474 e. The Morgan fingerprint density at radius 3 is 2.65 bits per heavy atom. The van der Waals surface area contributed by atoms with Gasteiger partial charge in [-0.05, 0) is 42.5 Å². The molecule has 1 aliphatic heterocycles. The molecule has 10 nitrogen and oxygen atoms in total. The molecule has 0 bridgehead atoms. The minimum atomic E-state index is -3.08. The Kier molecular flexibility index (Phi) is 6.31. The Hall–Kier alpha value is -3.31. The molecule has 3 N–H and O–H groups in total. The van der Waals surface area contributed by atoms with Gasteiger partial charge in [-0.15, -0.1) is 0 Å². The number of carbonyl (C=O) groups is 1. The lowest BCUT2D eigenvalue weighted by Gasteiger charge is -2.34. The Labute approximate surface area is 215 Å². The topological polar surface area (TPSA) is 146 Å². The average Bonchev–Trinajstić information content (AvgIpc) is 2.82. The number of cyclic esters (lactones) is 1. The summed E-state index contributed by atoms with van der Waals surface area (Å²) < 4.78 is 34.8. The molecule has 0 amide bonds. The predicted molar refractivity (Wildman–Crippen MR) is 140 cm³/mol. The van der Waals surface area contributed by atoms with Crippen LogP contribution in [-0.4, -0.2) is 53.6 Å². The summed E-state index contributed by atoms with van der Waals surface area (Å²) in [7, 11) is -3.08. The molecule has 0 spiro atoms. The van der Waals surface area contributed by atoms with Crippen LogP contribution in [0.5, 0.6) is 5.88 Å². The van der Waals surface area contributed by atoms with Crippen molar-refractivity contribution in [3.05, 3.63) is 47.4 Å². The van der Waals surface area contributed by atoms with Crippen LogP contribution in [0.1, 0.15) is 67.6 Å². The summed E-state index contributed by atoms with van der Waals surface area (Å²) in [5.74, 6) is 1.15. The number of anilines is 2. The number of aromatic nitrogens is 3. The molecular formula is C26H31N5O5S. The molecule has 0 saturated heterocycles. The molecule has 11 heteroatoms. The first-order chi connectivity index (χ1) is 17.5. The van der Waals surface area contributed by atoms with Gasteiger partial charge < -0.3 is 20.5 Å². The van der Waals surface area contributed by atoms with E-state index in [0.717, 1.165) is 10.9 Å². The Balaban J connectivity index is 1.48. The number of fused-ring (bicyclic) bond motifs is 2. The van der Waals surface area contributed by atoms with Crippen LogP contribution in [0.25, 0.3) is 10.8 Å². The number of hydrogen-bond acceptors (Lipinski definition) is 10. The van der Waals surface area contributed by atoms with E-state index in [4.69, 9.17) is 15.2 Å². The van der Waals surface area contributed by atoms with E-state index in [0.29, 0.717) is 60.0 Å². The first-order valence-electron chi connectivity index (χ1n) is 12.3. The molecule has 5 rings (SSSR count). The molecule has 3 aromatic heterocycles. The number of hydrogen-bond donors (Lipinski definition) is 2. The van der Waals surface area contributed by atoms with Crippen LogP contribution in [-0.2, 0) is 20.1 Å². The van der Waals surface area contributed by atoms with Crippen LogP contribution in [0.15, 0.2) is 30.6 Å². The maximum absolute atomic E-state index is 12.1. The lowest BCUT2D eigenvalue weighted by molar-refractivity contribution is 0.0445. The first kappa shape index (κ1) is 25.3. The van der Waals surface area contributed by atoms with Gasteiger partial charge in [0.05, 0.1) is 28.5 Å². The quantitative estimate of drug-likeness (QED) is 0.439. The van der Waals surface area contributed by atoms with Gasteiger partial charge in [0, 0.05) is 42.9 Å². The molecule has 2 atom stereocenters. The molecular weight excluding hydrogens is 494 g/mol. The van der Waals surface area contributed by atoms with Crippen molar-refractivity contribution < 1.29 is 22.7 Å². The number of ether oxygens (including phenoxy) is 2. The SMILES string of the molecule is CC[C@@](C)(N)c1cnc(OC2CC(S(C)(=O)=O)C2)c2cnc(Nc3ccc4c(n3)[C@H](C)COC4=O)cc12. The summed E-state index contributed by atoms with van der Waals surface area (Å²) >= 11 is 0. The van der Waals surface area contributed by atoms with E-state index in [1.54, 1.807) is 24.5 Å². The summed E-state index contributed by atoms with van der Waals surface area (Å²) in [6.45, 7) is 6.23. The maximum Gasteiger partial charge on any atom is 0.340 e. The molecule has 3 aromatic rings. The zero-order chi connectivity index (χ0) is 26.5. The Morgan fingerprint density at radius 2 is 1.95 bits per heavy atom. The van der Waals surface area contributed by atoms with Gasteiger partial charge >= 0.3 is 5.97 Å². The van der Waals surface area contributed by atoms with E-state index in [1.807, 2.05) is 26.8 Å². The molecule has 0 unspecified atom stereocenters. The van der Waals surface area contributed by atoms with Gasteiger partial charge in [-0.2, -0.15) is 0 Å². The monoisotopic (exact) mass is 525 g/mol.